The number of hydrogen-bond acceptors (Lipinski definition) is 4. The number of halogens is 3. The van der Waals surface area contributed by atoms with Gasteiger partial charge in [-0.15, -0.1) is 11.3 Å². The van der Waals surface area contributed by atoms with Gasteiger partial charge in [-0.2, -0.15) is 13.2 Å². The van der Waals surface area contributed by atoms with Gasteiger partial charge < -0.3 is 10.4 Å². The molecular formula is C15H13F3N2O3S. The summed E-state index contributed by atoms with van der Waals surface area (Å²) in [7, 11) is 0. The van der Waals surface area contributed by atoms with Crippen LogP contribution in [0.15, 0.2) is 29.6 Å². The maximum atomic E-state index is 12.7. The summed E-state index contributed by atoms with van der Waals surface area (Å²) < 4.78 is 38.2. The summed E-state index contributed by atoms with van der Waals surface area (Å²) >= 11 is 0.998. The van der Waals surface area contributed by atoms with Crippen LogP contribution in [0.4, 0.5) is 13.2 Å². The molecule has 0 saturated heterocycles. The van der Waals surface area contributed by atoms with Crippen LogP contribution in [0, 0.1) is 0 Å². The van der Waals surface area contributed by atoms with Crippen LogP contribution in [0.5, 0.6) is 0 Å². The van der Waals surface area contributed by atoms with Crippen molar-refractivity contribution in [3.63, 3.8) is 0 Å². The molecule has 2 rings (SSSR count). The van der Waals surface area contributed by atoms with E-state index in [1.165, 1.54) is 31.4 Å². The molecule has 0 spiro atoms. The summed E-state index contributed by atoms with van der Waals surface area (Å²) in [5.74, 6) is -1.93. The molecule has 2 aromatic rings. The first-order valence-electron chi connectivity index (χ1n) is 6.70. The molecule has 1 amide bonds. The number of nitrogens with zero attached hydrogens (tertiary/aromatic N) is 1. The normalized spacial score (nSPS) is 12.0. The van der Waals surface area contributed by atoms with E-state index in [1.807, 2.05) is 0 Å². The zero-order valence-electron chi connectivity index (χ0n) is 12.6. The number of alkyl halides is 3. The zero-order valence-corrected chi connectivity index (χ0v) is 13.5. The molecule has 0 radical (unpaired) electrons. The summed E-state index contributed by atoms with van der Waals surface area (Å²) in [6.45, 7) is 2.63. The quantitative estimate of drug-likeness (QED) is 0.878. The van der Waals surface area contributed by atoms with Gasteiger partial charge in [0.2, 0.25) is 0 Å². The minimum Gasteiger partial charge on any atom is -0.480 e. The average molecular weight is 358 g/mol. The molecule has 0 bridgehead atoms. The van der Waals surface area contributed by atoms with Crippen molar-refractivity contribution in [1.82, 2.24) is 10.3 Å². The minimum absolute atomic E-state index is 0.0539. The van der Waals surface area contributed by atoms with E-state index in [1.54, 1.807) is 0 Å². The van der Waals surface area contributed by atoms with Gasteiger partial charge >= 0.3 is 12.1 Å². The van der Waals surface area contributed by atoms with Gasteiger partial charge in [0.1, 0.15) is 16.2 Å². The lowest BCUT2D eigenvalue weighted by atomic mass is 10.1. The Morgan fingerprint density at radius 2 is 1.92 bits per heavy atom. The third-order valence-corrected chi connectivity index (χ3v) is 4.03. The summed E-state index contributed by atoms with van der Waals surface area (Å²) in [4.78, 5) is 27.0. The number of carboxylic acids is 1. The van der Waals surface area contributed by atoms with Crippen molar-refractivity contribution in [1.29, 1.82) is 0 Å². The van der Waals surface area contributed by atoms with Gasteiger partial charge in [0, 0.05) is 10.9 Å². The Morgan fingerprint density at radius 3 is 2.50 bits per heavy atom. The maximum absolute atomic E-state index is 12.7. The predicted molar refractivity (Wildman–Crippen MR) is 81.7 cm³/mol. The first kappa shape index (κ1) is 17.9. The highest BCUT2D eigenvalue weighted by Crippen LogP contribution is 2.33. The van der Waals surface area contributed by atoms with Gasteiger partial charge in [0.25, 0.3) is 5.91 Å². The fraction of sp³-hybridized carbons (Fsp3) is 0.267. The highest BCUT2D eigenvalue weighted by molar-refractivity contribution is 7.13. The monoisotopic (exact) mass is 358 g/mol. The van der Waals surface area contributed by atoms with Gasteiger partial charge in [0.05, 0.1) is 5.56 Å². The number of nitrogens with one attached hydrogen (secondary N) is 1. The van der Waals surface area contributed by atoms with Crippen LogP contribution in [-0.4, -0.2) is 27.5 Å². The molecule has 1 aromatic heterocycles. The number of rotatable bonds is 4. The molecular weight excluding hydrogens is 345 g/mol. The second kappa shape index (κ2) is 6.23. The molecule has 0 unspecified atom stereocenters. The second-order valence-corrected chi connectivity index (χ2v) is 6.36. The third-order valence-electron chi connectivity index (χ3n) is 3.13. The Morgan fingerprint density at radius 1 is 1.25 bits per heavy atom. The van der Waals surface area contributed by atoms with Crippen LogP contribution in [0.3, 0.4) is 0 Å². The van der Waals surface area contributed by atoms with Crippen molar-refractivity contribution in [2.45, 2.75) is 25.6 Å². The Bertz CT molecular complexity index is 784. The topological polar surface area (TPSA) is 79.3 Å². The van der Waals surface area contributed by atoms with Crippen molar-refractivity contribution in [2.75, 3.05) is 0 Å². The van der Waals surface area contributed by atoms with Crippen molar-refractivity contribution in [2.24, 2.45) is 0 Å². The SMILES string of the molecule is CC(C)(NC(=O)c1csc(-c2cccc(C(F)(F)F)c2)n1)C(=O)O. The molecule has 0 saturated carbocycles. The molecule has 1 heterocycles. The Kier molecular flexibility index (Phi) is 4.66. The number of aliphatic carboxylic acids is 1. The minimum atomic E-state index is -4.47. The summed E-state index contributed by atoms with van der Waals surface area (Å²) in [5.41, 5.74) is -2.13. The highest BCUT2D eigenvalue weighted by Gasteiger charge is 2.31. The third kappa shape index (κ3) is 3.91. The summed E-state index contributed by atoms with van der Waals surface area (Å²) in [6.07, 6.45) is -4.47. The highest BCUT2D eigenvalue weighted by atomic mass is 32.1. The summed E-state index contributed by atoms with van der Waals surface area (Å²) in [5, 5.41) is 12.9. The first-order chi connectivity index (χ1) is 11.0. The molecule has 128 valence electrons. The standard InChI is InChI=1S/C15H13F3N2O3S/c1-14(2,13(22)23)20-11(21)10-7-24-12(19-10)8-4-3-5-9(6-8)15(16,17)18/h3-7H,1-2H3,(H,20,21)(H,22,23). The number of carbonyl (C=O) groups excluding carboxylic acids is 1. The molecule has 0 aliphatic carbocycles. The lowest BCUT2D eigenvalue weighted by Crippen LogP contribution is -2.49. The van der Waals surface area contributed by atoms with Crippen LogP contribution >= 0.6 is 11.3 Å². The van der Waals surface area contributed by atoms with Crippen LogP contribution in [0.25, 0.3) is 10.6 Å². The van der Waals surface area contributed by atoms with Crippen LogP contribution < -0.4 is 5.32 Å². The van der Waals surface area contributed by atoms with E-state index in [2.05, 4.69) is 10.3 Å². The second-order valence-electron chi connectivity index (χ2n) is 5.50. The van der Waals surface area contributed by atoms with Crippen LogP contribution in [0.2, 0.25) is 0 Å². The lowest BCUT2D eigenvalue weighted by molar-refractivity contribution is -0.143. The fourth-order valence-corrected chi connectivity index (χ4v) is 2.54. The fourth-order valence-electron chi connectivity index (χ4n) is 1.74. The molecule has 0 fully saturated rings. The maximum Gasteiger partial charge on any atom is 0.416 e. The number of thiazole rings is 1. The van der Waals surface area contributed by atoms with Crippen LogP contribution in [-0.2, 0) is 11.0 Å². The lowest BCUT2D eigenvalue weighted by Gasteiger charge is -2.20. The molecule has 0 aliphatic heterocycles. The average Bonchev–Trinajstić information content (AvgIpc) is 2.96. The molecule has 5 nitrogen and oxygen atoms in total. The van der Waals surface area contributed by atoms with E-state index in [0.29, 0.717) is 0 Å². The van der Waals surface area contributed by atoms with E-state index in [4.69, 9.17) is 5.11 Å². The molecule has 0 aliphatic rings. The van der Waals surface area contributed by atoms with Gasteiger partial charge in [0.15, 0.2) is 0 Å². The molecule has 2 N–H and O–H groups in total. The van der Waals surface area contributed by atoms with Gasteiger partial charge in [-0.25, -0.2) is 9.78 Å². The van der Waals surface area contributed by atoms with Crippen molar-refractivity contribution >= 4 is 23.2 Å². The van der Waals surface area contributed by atoms with E-state index in [0.717, 1.165) is 23.5 Å². The Labute approximate surface area is 139 Å². The zero-order chi connectivity index (χ0) is 18.1. The van der Waals surface area contributed by atoms with Crippen LogP contribution in [0.1, 0.15) is 29.9 Å². The number of benzene rings is 1. The van der Waals surface area contributed by atoms with E-state index < -0.39 is 29.2 Å². The number of amides is 1. The van der Waals surface area contributed by atoms with Crippen molar-refractivity contribution < 1.29 is 27.9 Å². The van der Waals surface area contributed by atoms with E-state index in [9.17, 15) is 22.8 Å². The largest absolute Gasteiger partial charge is 0.480 e. The number of hydrogen-bond donors (Lipinski definition) is 2. The van der Waals surface area contributed by atoms with E-state index in [-0.39, 0.29) is 16.3 Å². The van der Waals surface area contributed by atoms with Gasteiger partial charge in [-0.3, -0.25) is 4.79 Å². The number of carbonyl (C=O) groups is 2. The number of carboxylic acid groups (broad SMARTS) is 1. The molecule has 9 heteroatoms. The first-order valence-corrected chi connectivity index (χ1v) is 7.58. The predicted octanol–water partition coefficient (Wildman–Crippen LogP) is 3.42. The smallest absolute Gasteiger partial charge is 0.416 e. The van der Waals surface area contributed by atoms with Crippen molar-refractivity contribution in [3.8, 4) is 10.6 Å². The van der Waals surface area contributed by atoms with Crippen molar-refractivity contribution in [3.05, 3.63) is 40.9 Å². The van der Waals surface area contributed by atoms with Gasteiger partial charge in [-0.05, 0) is 26.0 Å². The summed E-state index contributed by atoms with van der Waals surface area (Å²) in [6, 6.07) is 4.60. The Hall–Kier alpha value is -2.42. The Balaban J connectivity index is 2.25. The van der Waals surface area contributed by atoms with E-state index >= 15 is 0 Å². The number of aromatic nitrogens is 1. The molecule has 1 aromatic carbocycles. The van der Waals surface area contributed by atoms with Gasteiger partial charge in [-0.1, -0.05) is 12.1 Å². The molecule has 24 heavy (non-hydrogen) atoms. The molecule has 0 atom stereocenters.